The molecule has 0 unspecified atom stereocenters. The van der Waals surface area contributed by atoms with Crippen molar-refractivity contribution in [1.82, 2.24) is 23.6 Å². The summed E-state index contributed by atoms with van der Waals surface area (Å²) in [5.41, 5.74) is -0.423. The molecular formula is C20H25N5O5S. The summed E-state index contributed by atoms with van der Waals surface area (Å²) in [6, 6.07) is 4.27. The average molecular weight is 448 g/mol. The number of hydrogen-bond donors (Lipinski definition) is 1. The van der Waals surface area contributed by atoms with Crippen molar-refractivity contribution in [3.63, 3.8) is 0 Å². The fourth-order valence-corrected chi connectivity index (χ4v) is 5.01. The van der Waals surface area contributed by atoms with Crippen LogP contribution in [0.5, 0.6) is 0 Å². The Kier molecular flexibility index (Phi) is 5.36. The first-order chi connectivity index (χ1) is 14.6. The molecule has 10 nitrogen and oxygen atoms in total. The van der Waals surface area contributed by atoms with E-state index in [-0.39, 0.29) is 30.0 Å². The summed E-state index contributed by atoms with van der Waals surface area (Å²) in [6.07, 6.45) is 4.84. The SMILES string of the molecule is COCCn1c(=O)n(Cc2cnn(C)c2)c(=O)c2cc(S(=O)(=O)NC3(C)CC3)ccc21. The van der Waals surface area contributed by atoms with Gasteiger partial charge < -0.3 is 4.74 Å². The summed E-state index contributed by atoms with van der Waals surface area (Å²) >= 11 is 0. The lowest BCUT2D eigenvalue weighted by atomic mass is 10.2. The Morgan fingerprint density at radius 2 is 1.97 bits per heavy atom. The molecule has 1 aromatic carbocycles. The van der Waals surface area contributed by atoms with Crippen molar-refractivity contribution in [3.8, 4) is 0 Å². The lowest BCUT2D eigenvalue weighted by Crippen LogP contribution is -2.41. The molecule has 0 spiro atoms. The van der Waals surface area contributed by atoms with E-state index in [4.69, 9.17) is 4.74 Å². The molecule has 166 valence electrons. The topological polar surface area (TPSA) is 117 Å². The molecule has 0 atom stereocenters. The van der Waals surface area contributed by atoms with Crippen LogP contribution in [0.3, 0.4) is 0 Å². The fraction of sp³-hybridized carbons (Fsp3) is 0.450. The molecule has 1 fully saturated rings. The Bertz CT molecular complexity index is 1360. The third kappa shape index (κ3) is 4.21. The van der Waals surface area contributed by atoms with Gasteiger partial charge in [0.25, 0.3) is 5.56 Å². The highest BCUT2D eigenvalue weighted by atomic mass is 32.2. The Balaban J connectivity index is 1.88. The van der Waals surface area contributed by atoms with E-state index in [0.717, 1.165) is 17.4 Å². The number of nitrogens with one attached hydrogen (secondary N) is 1. The number of aromatic nitrogens is 4. The van der Waals surface area contributed by atoms with Crippen molar-refractivity contribution in [2.45, 2.75) is 43.3 Å². The molecule has 0 amide bonds. The van der Waals surface area contributed by atoms with Gasteiger partial charge in [0.1, 0.15) is 0 Å². The van der Waals surface area contributed by atoms with Gasteiger partial charge in [-0.25, -0.2) is 17.9 Å². The number of ether oxygens (including phenoxy) is 1. The summed E-state index contributed by atoms with van der Waals surface area (Å²) in [6.45, 7) is 2.36. The van der Waals surface area contributed by atoms with Gasteiger partial charge in [-0.05, 0) is 38.0 Å². The van der Waals surface area contributed by atoms with Gasteiger partial charge >= 0.3 is 5.69 Å². The second-order valence-electron chi connectivity index (χ2n) is 8.19. The summed E-state index contributed by atoms with van der Waals surface area (Å²) in [5, 5.41) is 4.23. The third-order valence-electron chi connectivity index (χ3n) is 5.51. The highest BCUT2D eigenvalue weighted by Gasteiger charge is 2.41. The summed E-state index contributed by atoms with van der Waals surface area (Å²) < 4.78 is 37.6. The fourth-order valence-electron chi connectivity index (χ4n) is 3.52. The maximum Gasteiger partial charge on any atom is 0.331 e. The average Bonchev–Trinajstić information content (AvgIpc) is 3.28. The number of sulfonamides is 1. The largest absolute Gasteiger partial charge is 0.383 e. The molecule has 2 aromatic heterocycles. The van der Waals surface area contributed by atoms with Crippen LogP contribution in [-0.4, -0.2) is 46.6 Å². The minimum Gasteiger partial charge on any atom is -0.383 e. The van der Waals surface area contributed by atoms with Gasteiger partial charge in [-0.2, -0.15) is 5.10 Å². The molecule has 2 heterocycles. The number of hydrogen-bond acceptors (Lipinski definition) is 6. The Hall–Kier alpha value is -2.76. The van der Waals surface area contributed by atoms with Crippen molar-refractivity contribution in [3.05, 3.63) is 57.0 Å². The Labute approximate surface area is 179 Å². The minimum atomic E-state index is -3.80. The van der Waals surface area contributed by atoms with Crippen LogP contribution in [0.4, 0.5) is 0 Å². The zero-order chi connectivity index (χ0) is 22.4. The maximum atomic E-state index is 13.2. The van der Waals surface area contributed by atoms with Crippen molar-refractivity contribution in [2.24, 2.45) is 7.05 Å². The van der Waals surface area contributed by atoms with Crippen LogP contribution in [0.2, 0.25) is 0 Å². The second-order valence-corrected chi connectivity index (χ2v) is 9.87. The van der Waals surface area contributed by atoms with E-state index in [1.165, 1.54) is 29.9 Å². The number of aryl methyl sites for hydroxylation is 1. The van der Waals surface area contributed by atoms with Crippen molar-refractivity contribution < 1.29 is 13.2 Å². The molecule has 0 aliphatic heterocycles. The number of fused-ring (bicyclic) bond motifs is 1. The van der Waals surface area contributed by atoms with Crippen LogP contribution >= 0.6 is 0 Å². The molecule has 0 saturated heterocycles. The Morgan fingerprint density at radius 1 is 1.23 bits per heavy atom. The van der Waals surface area contributed by atoms with Crippen LogP contribution in [0, 0.1) is 0 Å². The molecule has 11 heteroatoms. The van der Waals surface area contributed by atoms with Gasteiger partial charge in [-0.1, -0.05) is 0 Å². The molecule has 1 saturated carbocycles. The minimum absolute atomic E-state index is 0.00454. The lowest BCUT2D eigenvalue weighted by Gasteiger charge is -2.16. The summed E-state index contributed by atoms with van der Waals surface area (Å²) in [4.78, 5) is 26.3. The molecule has 1 N–H and O–H groups in total. The molecule has 0 radical (unpaired) electrons. The van der Waals surface area contributed by atoms with Crippen LogP contribution in [0.15, 0.2) is 45.1 Å². The van der Waals surface area contributed by atoms with Crippen LogP contribution in [0.1, 0.15) is 25.3 Å². The summed E-state index contributed by atoms with van der Waals surface area (Å²) in [7, 11) is -0.530. The second kappa shape index (κ2) is 7.74. The zero-order valence-corrected chi connectivity index (χ0v) is 18.5. The lowest BCUT2D eigenvalue weighted by molar-refractivity contribution is 0.186. The quantitative estimate of drug-likeness (QED) is 0.535. The zero-order valence-electron chi connectivity index (χ0n) is 17.7. The number of nitrogens with zero attached hydrogens (tertiary/aromatic N) is 4. The normalized spacial score (nSPS) is 15.5. The predicted octanol–water partition coefficient (Wildman–Crippen LogP) is 0.422. The third-order valence-corrected chi connectivity index (χ3v) is 7.14. The maximum absolute atomic E-state index is 13.2. The first-order valence-corrected chi connectivity index (χ1v) is 11.4. The predicted molar refractivity (Wildman–Crippen MR) is 115 cm³/mol. The first-order valence-electron chi connectivity index (χ1n) is 9.91. The molecule has 31 heavy (non-hydrogen) atoms. The van der Waals surface area contributed by atoms with E-state index in [9.17, 15) is 18.0 Å². The smallest absolute Gasteiger partial charge is 0.331 e. The monoisotopic (exact) mass is 447 g/mol. The van der Waals surface area contributed by atoms with E-state index in [2.05, 4.69) is 9.82 Å². The van der Waals surface area contributed by atoms with Crippen LogP contribution in [0.25, 0.3) is 10.9 Å². The highest BCUT2D eigenvalue weighted by Crippen LogP contribution is 2.36. The van der Waals surface area contributed by atoms with Gasteiger partial charge in [-0.15, -0.1) is 0 Å². The van der Waals surface area contributed by atoms with Crippen LogP contribution < -0.4 is 16.0 Å². The number of methoxy groups -OCH3 is 1. The molecule has 3 aromatic rings. The molecule has 1 aliphatic rings. The van der Waals surface area contributed by atoms with Gasteiger partial charge in [0, 0.05) is 31.5 Å². The van der Waals surface area contributed by atoms with Crippen molar-refractivity contribution in [1.29, 1.82) is 0 Å². The number of benzene rings is 1. The van der Waals surface area contributed by atoms with Gasteiger partial charge in [-0.3, -0.25) is 18.6 Å². The van der Waals surface area contributed by atoms with Gasteiger partial charge in [0.05, 0.1) is 41.7 Å². The van der Waals surface area contributed by atoms with E-state index >= 15 is 0 Å². The van der Waals surface area contributed by atoms with Gasteiger partial charge in [0.15, 0.2) is 0 Å². The molecule has 4 rings (SSSR count). The van der Waals surface area contributed by atoms with E-state index in [1.54, 1.807) is 24.1 Å². The Morgan fingerprint density at radius 3 is 2.58 bits per heavy atom. The van der Waals surface area contributed by atoms with Gasteiger partial charge in [0.2, 0.25) is 10.0 Å². The standard InChI is InChI=1S/C20H25N5O5S/c1-20(6-7-20)22-31(28,29)15-4-5-17-16(10-15)18(26)25(13-14-11-21-23(2)12-14)19(27)24(17)8-9-30-3/h4-5,10-12,22H,6-9,13H2,1-3H3. The van der Waals surface area contributed by atoms with Crippen molar-refractivity contribution >= 4 is 20.9 Å². The highest BCUT2D eigenvalue weighted by molar-refractivity contribution is 7.89. The number of rotatable bonds is 8. The first kappa shape index (κ1) is 21.5. The van der Waals surface area contributed by atoms with Crippen molar-refractivity contribution in [2.75, 3.05) is 13.7 Å². The summed E-state index contributed by atoms with van der Waals surface area (Å²) in [5.74, 6) is 0. The molecular weight excluding hydrogens is 422 g/mol. The van der Waals surface area contributed by atoms with E-state index in [1.807, 2.05) is 6.92 Å². The van der Waals surface area contributed by atoms with E-state index < -0.39 is 26.8 Å². The van der Waals surface area contributed by atoms with Crippen LogP contribution in [-0.2, 0) is 34.9 Å². The molecule has 0 bridgehead atoms. The van der Waals surface area contributed by atoms with E-state index in [0.29, 0.717) is 11.1 Å². The molecule has 1 aliphatic carbocycles.